The van der Waals surface area contributed by atoms with E-state index in [4.69, 9.17) is 14.7 Å². The summed E-state index contributed by atoms with van der Waals surface area (Å²) >= 11 is 0. The highest BCUT2D eigenvalue weighted by Crippen LogP contribution is 2.33. The van der Waals surface area contributed by atoms with E-state index in [0.29, 0.717) is 30.1 Å². The maximum absolute atomic E-state index is 12.4. The lowest BCUT2D eigenvalue weighted by atomic mass is 9.90. The highest BCUT2D eigenvalue weighted by molar-refractivity contribution is 5.79. The molecule has 41 heavy (non-hydrogen) atoms. The number of piperidine rings is 1. The molecule has 4 heterocycles. The number of hydrogen-bond acceptors (Lipinski definition) is 9. The van der Waals surface area contributed by atoms with Gasteiger partial charge in [-0.05, 0) is 69.9 Å². The molecule has 2 aromatic rings. The number of carbonyl (C=O) groups is 2. The molecule has 5 rings (SSSR count). The standard InChI is InChI=1S/C31H44N6O4/c1-20-28(33-18-25(31(39)40)17-27(38)41-19-22-7-4-3-5-8-22)34-21(2)35-30(20)37-15-12-23(13-16-37)26-11-10-24-9-6-14-32-29(24)36-26/h10-11,22-23,25H,3-9,12-19H2,1-2H3,(H,32,36)(H,39,40)(H,33,34,35)/t25-/m0/s1. The summed E-state index contributed by atoms with van der Waals surface area (Å²) < 4.78 is 5.45. The minimum atomic E-state index is -1.02. The van der Waals surface area contributed by atoms with E-state index in [-0.39, 0.29) is 13.0 Å². The number of rotatable bonds is 10. The fraction of sp³-hybridized carbons (Fsp3) is 0.645. The van der Waals surface area contributed by atoms with Gasteiger partial charge in [-0.2, -0.15) is 0 Å². The summed E-state index contributed by atoms with van der Waals surface area (Å²) in [6, 6.07) is 4.42. The summed E-state index contributed by atoms with van der Waals surface area (Å²) in [6.07, 6.45) is 9.80. The van der Waals surface area contributed by atoms with E-state index in [9.17, 15) is 14.7 Å². The van der Waals surface area contributed by atoms with Crippen LogP contribution in [-0.4, -0.2) is 64.8 Å². The van der Waals surface area contributed by atoms with Gasteiger partial charge in [-0.1, -0.05) is 25.3 Å². The zero-order valence-electron chi connectivity index (χ0n) is 24.5. The van der Waals surface area contributed by atoms with Gasteiger partial charge in [0.05, 0.1) is 18.9 Å². The number of anilines is 3. The van der Waals surface area contributed by atoms with Crippen LogP contribution in [0, 0.1) is 25.7 Å². The third kappa shape index (κ3) is 7.45. The first kappa shape index (κ1) is 29.1. The lowest BCUT2D eigenvalue weighted by molar-refractivity contribution is -0.152. The van der Waals surface area contributed by atoms with E-state index in [2.05, 4.69) is 32.7 Å². The molecule has 222 valence electrons. The van der Waals surface area contributed by atoms with Crippen LogP contribution in [0.1, 0.15) is 86.4 Å². The predicted molar refractivity (Wildman–Crippen MR) is 159 cm³/mol. The number of nitrogens with zero attached hydrogens (tertiary/aromatic N) is 4. The molecule has 2 aromatic heterocycles. The van der Waals surface area contributed by atoms with Gasteiger partial charge in [-0.25, -0.2) is 15.0 Å². The highest BCUT2D eigenvalue weighted by Gasteiger charge is 2.27. The number of aliphatic carboxylic acids is 1. The number of aromatic nitrogens is 3. The van der Waals surface area contributed by atoms with Crippen molar-refractivity contribution in [3.8, 4) is 0 Å². The van der Waals surface area contributed by atoms with Crippen molar-refractivity contribution >= 4 is 29.4 Å². The first-order valence-corrected chi connectivity index (χ1v) is 15.3. The second kappa shape index (κ2) is 13.5. The number of hydrogen-bond donors (Lipinski definition) is 3. The fourth-order valence-electron chi connectivity index (χ4n) is 6.34. The van der Waals surface area contributed by atoms with Crippen LogP contribution in [0.25, 0.3) is 0 Å². The molecule has 1 aliphatic carbocycles. The molecule has 0 unspecified atom stereocenters. The molecule has 10 nitrogen and oxygen atoms in total. The second-order valence-corrected chi connectivity index (χ2v) is 11.9. The van der Waals surface area contributed by atoms with Crippen LogP contribution in [0.5, 0.6) is 0 Å². The Bertz CT molecular complexity index is 1220. The van der Waals surface area contributed by atoms with Gasteiger partial charge in [0.15, 0.2) is 0 Å². The van der Waals surface area contributed by atoms with Gasteiger partial charge in [-0.3, -0.25) is 9.59 Å². The summed E-state index contributed by atoms with van der Waals surface area (Å²) in [6.45, 7) is 7.00. The fourth-order valence-corrected chi connectivity index (χ4v) is 6.34. The van der Waals surface area contributed by atoms with Crippen LogP contribution >= 0.6 is 0 Å². The number of fused-ring (bicyclic) bond motifs is 1. The smallest absolute Gasteiger partial charge is 0.308 e. The minimum absolute atomic E-state index is 0.0880. The maximum Gasteiger partial charge on any atom is 0.308 e. The van der Waals surface area contributed by atoms with E-state index < -0.39 is 17.9 Å². The Morgan fingerprint density at radius 2 is 1.85 bits per heavy atom. The zero-order chi connectivity index (χ0) is 28.8. The van der Waals surface area contributed by atoms with Crippen LogP contribution in [0.4, 0.5) is 17.5 Å². The Morgan fingerprint density at radius 1 is 1.07 bits per heavy atom. The van der Waals surface area contributed by atoms with Crippen molar-refractivity contribution in [3.05, 3.63) is 34.8 Å². The average Bonchev–Trinajstić information content (AvgIpc) is 2.99. The van der Waals surface area contributed by atoms with Gasteiger partial charge in [0.2, 0.25) is 0 Å². The van der Waals surface area contributed by atoms with Gasteiger partial charge in [-0.15, -0.1) is 0 Å². The molecular formula is C31H44N6O4. The summed E-state index contributed by atoms with van der Waals surface area (Å²) in [5.74, 6) is 1.59. The van der Waals surface area contributed by atoms with Crippen molar-refractivity contribution in [2.75, 3.05) is 48.3 Å². The number of esters is 1. The van der Waals surface area contributed by atoms with E-state index in [1.165, 1.54) is 24.8 Å². The summed E-state index contributed by atoms with van der Waals surface area (Å²) in [4.78, 5) is 40.9. The Kier molecular flexibility index (Phi) is 9.57. The van der Waals surface area contributed by atoms with E-state index in [1.807, 2.05) is 13.8 Å². The Labute approximate surface area is 242 Å². The van der Waals surface area contributed by atoms with Crippen molar-refractivity contribution in [2.24, 2.45) is 11.8 Å². The van der Waals surface area contributed by atoms with E-state index in [1.54, 1.807) is 0 Å². The first-order chi connectivity index (χ1) is 19.9. The molecule has 2 aliphatic heterocycles. The number of ether oxygens (including phenoxy) is 1. The quantitative estimate of drug-likeness (QED) is 0.344. The summed E-state index contributed by atoms with van der Waals surface area (Å²) in [5, 5.41) is 16.4. The molecule has 0 bridgehead atoms. The van der Waals surface area contributed by atoms with Crippen molar-refractivity contribution in [3.63, 3.8) is 0 Å². The van der Waals surface area contributed by atoms with Crippen LogP contribution in [-0.2, 0) is 20.7 Å². The van der Waals surface area contributed by atoms with Gasteiger partial charge in [0.25, 0.3) is 0 Å². The lowest BCUT2D eigenvalue weighted by Gasteiger charge is -2.34. The number of aryl methyl sites for hydroxylation is 2. The third-order valence-corrected chi connectivity index (χ3v) is 8.84. The average molecular weight is 565 g/mol. The number of pyridine rings is 1. The van der Waals surface area contributed by atoms with Gasteiger partial charge < -0.3 is 25.4 Å². The molecule has 0 spiro atoms. The van der Waals surface area contributed by atoms with Crippen molar-refractivity contribution < 1.29 is 19.4 Å². The molecule has 0 radical (unpaired) electrons. The third-order valence-electron chi connectivity index (χ3n) is 8.84. The Balaban J connectivity index is 1.17. The number of carboxylic acids is 1. The number of carbonyl (C=O) groups excluding carboxylic acids is 1. The molecule has 1 saturated heterocycles. The highest BCUT2D eigenvalue weighted by atomic mass is 16.5. The van der Waals surface area contributed by atoms with Gasteiger partial charge in [0.1, 0.15) is 23.3 Å². The minimum Gasteiger partial charge on any atom is -0.481 e. The first-order valence-electron chi connectivity index (χ1n) is 15.3. The number of nitrogens with one attached hydrogen (secondary N) is 2. The van der Waals surface area contributed by atoms with Crippen LogP contribution in [0.15, 0.2) is 12.1 Å². The van der Waals surface area contributed by atoms with Crippen LogP contribution < -0.4 is 15.5 Å². The summed E-state index contributed by atoms with van der Waals surface area (Å²) in [7, 11) is 0. The second-order valence-electron chi connectivity index (χ2n) is 11.9. The largest absolute Gasteiger partial charge is 0.481 e. The van der Waals surface area contributed by atoms with Crippen molar-refractivity contribution in [1.82, 2.24) is 15.0 Å². The van der Waals surface area contributed by atoms with Crippen LogP contribution in [0.3, 0.4) is 0 Å². The molecule has 1 atom stereocenters. The number of carboxylic acid groups (broad SMARTS) is 1. The van der Waals surface area contributed by atoms with Crippen molar-refractivity contribution in [1.29, 1.82) is 0 Å². The van der Waals surface area contributed by atoms with E-state index >= 15 is 0 Å². The normalized spacial score (nSPS) is 18.7. The molecule has 3 aliphatic rings. The van der Waals surface area contributed by atoms with Crippen molar-refractivity contribution in [2.45, 2.75) is 84.0 Å². The van der Waals surface area contributed by atoms with Gasteiger partial charge in [0, 0.05) is 43.4 Å². The molecule has 2 fully saturated rings. The molecule has 1 saturated carbocycles. The molecular weight excluding hydrogens is 520 g/mol. The topological polar surface area (TPSA) is 130 Å². The van der Waals surface area contributed by atoms with E-state index in [0.717, 1.165) is 81.1 Å². The Morgan fingerprint density at radius 3 is 2.61 bits per heavy atom. The van der Waals surface area contributed by atoms with Crippen LogP contribution in [0.2, 0.25) is 0 Å². The maximum atomic E-state index is 12.4. The predicted octanol–water partition coefficient (Wildman–Crippen LogP) is 4.86. The zero-order valence-corrected chi connectivity index (χ0v) is 24.5. The summed E-state index contributed by atoms with van der Waals surface area (Å²) in [5.41, 5.74) is 3.35. The molecule has 0 amide bonds. The molecule has 0 aromatic carbocycles. The SMILES string of the molecule is Cc1nc(NC[C@H](CC(=O)OCC2CCCCC2)C(=O)O)c(C)c(N2CCC(c3ccc4c(n3)NCCC4)CC2)n1. The molecule has 3 N–H and O–H groups in total. The molecule has 10 heteroatoms. The lowest BCUT2D eigenvalue weighted by Crippen LogP contribution is -2.35. The Hall–Kier alpha value is -3.43. The monoisotopic (exact) mass is 564 g/mol. The van der Waals surface area contributed by atoms with Gasteiger partial charge >= 0.3 is 11.9 Å².